The van der Waals surface area contributed by atoms with Crippen LogP contribution >= 0.6 is 0 Å². The fourth-order valence-electron chi connectivity index (χ4n) is 2.56. The summed E-state index contributed by atoms with van der Waals surface area (Å²) < 4.78 is 28.4. The van der Waals surface area contributed by atoms with Crippen LogP contribution in [0.25, 0.3) is 0 Å². The average molecular weight is 319 g/mol. The maximum atomic E-state index is 14.2. The molecule has 1 amide bonds. The van der Waals surface area contributed by atoms with Gasteiger partial charge in [-0.1, -0.05) is 0 Å². The Kier molecular flexibility index (Phi) is 4.22. The third-order valence-corrected chi connectivity index (χ3v) is 3.81. The van der Waals surface area contributed by atoms with Gasteiger partial charge in [0.1, 0.15) is 17.6 Å². The minimum atomic E-state index is -2.93. The van der Waals surface area contributed by atoms with Crippen LogP contribution in [0.3, 0.4) is 0 Å². The Morgan fingerprint density at radius 3 is 2.39 bits per heavy atom. The van der Waals surface area contributed by atoms with Crippen LogP contribution in [0.4, 0.5) is 8.78 Å². The van der Waals surface area contributed by atoms with Crippen molar-refractivity contribution >= 4 is 5.91 Å². The first-order valence-electron chi connectivity index (χ1n) is 7.24. The summed E-state index contributed by atoms with van der Waals surface area (Å²) in [7, 11) is 0. The molecule has 1 aliphatic rings. The van der Waals surface area contributed by atoms with E-state index in [1.165, 1.54) is 17.3 Å². The van der Waals surface area contributed by atoms with Crippen LogP contribution in [-0.4, -0.2) is 49.8 Å². The number of carbonyl (C=O) groups is 1. The summed E-state index contributed by atoms with van der Waals surface area (Å²) in [6, 6.07) is 3.22. The van der Waals surface area contributed by atoms with E-state index >= 15 is 0 Å². The zero-order valence-corrected chi connectivity index (χ0v) is 12.3. The molecule has 1 unspecified atom stereocenters. The number of hydrogen-bond acceptors (Lipinski definition) is 5. The molecule has 3 rings (SSSR count). The Labute approximate surface area is 131 Å². The smallest absolute Gasteiger partial charge is 0.261 e. The summed E-state index contributed by atoms with van der Waals surface area (Å²) in [5, 5.41) is 0. The fourth-order valence-corrected chi connectivity index (χ4v) is 2.56. The van der Waals surface area contributed by atoms with Gasteiger partial charge in [0.05, 0.1) is 6.42 Å². The van der Waals surface area contributed by atoms with Crippen molar-refractivity contribution in [2.75, 3.05) is 13.1 Å². The number of carbonyl (C=O) groups excluding carboxylic acids is 1. The van der Waals surface area contributed by atoms with Crippen molar-refractivity contribution < 1.29 is 13.6 Å². The summed E-state index contributed by atoms with van der Waals surface area (Å²) in [6.45, 7) is -0.106. The van der Waals surface area contributed by atoms with E-state index in [0.29, 0.717) is 5.82 Å². The number of amides is 1. The molecular weight excluding hydrogens is 304 g/mol. The Hall–Kier alpha value is -2.51. The minimum Gasteiger partial charge on any atom is -0.341 e. The van der Waals surface area contributed by atoms with Crippen LogP contribution in [-0.2, 0) is 11.2 Å². The molecule has 23 heavy (non-hydrogen) atoms. The third-order valence-electron chi connectivity index (χ3n) is 3.81. The summed E-state index contributed by atoms with van der Waals surface area (Å²) in [6.07, 6.45) is 5.53. The highest BCUT2D eigenvalue weighted by Gasteiger charge is 2.47. The van der Waals surface area contributed by atoms with Crippen molar-refractivity contribution in [3.05, 3.63) is 48.6 Å². The Morgan fingerprint density at radius 1 is 1.13 bits per heavy atom. The second kappa shape index (κ2) is 6.31. The van der Waals surface area contributed by atoms with Crippen molar-refractivity contribution in [3.63, 3.8) is 0 Å². The topological polar surface area (TPSA) is 71.9 Å². The molecule has 0 N–H and O–H groups in total. The first kappa shape index (κ1) is 15.4. The highest BCUT2D eigenvalue weighted by Crippen LogP contribution is 2.38. The second-order valence-electron chi connectivity index (χ2n) is 5.35. The molecule has 2 aromatic rings. The van der Waals surface area contributed by atoms with E-state index < -0.39 is 18.3 Å². The maximum Gasteiger partial charge on any atom is 0.261 e. The zero-order chi connectivity index (χ0) is 16.3. The van der Waals surface area contributed by atoms with Gasteiger partial charge in [-0.05, 0) is 12.1 Å². The molecular formula is C15H15F2N5O. The monoisotopic (exact) mass is 319 g/mol. The first-order valence-corrected chi connectivity index (χ1v) is 7.24. The van der Waals surface area contributed by atoms with Crippen molar-refractivity contribution in [1.82, 2.24) is 24.8 Å². The Balaban J connectivity index is 1.74. The van der Waals surface area contributed by atoms with Crippen molar-refractivity contribution in [3.8, 4) is 0 Å². The molecule has 0 spiro atoms. The van der Waals surface area contributed by atoms with Crippen LogP contribution in [0.15, 0.2) is 36.9 Å². The van der Waals surface area contributed by atoms with E-state index in [9.17, 15) is 13.6 Å². The molecule has 3 heterocycles. The van der Waals surface area contributed by atoms with Crippen LogP contribution in [0.2, 0.25) is 0 Å². The van der Waals surface area contributed by atoms with E-state index in [-0.39, 0.29) is 31.2 Å². The maximum absolute atomic E-state index is 14.2. The van der Waals surface area contributed by atoms with E-state index in [1.807, 2.05) is 0 Å². The van der Waals surface area contributed by atoms with Gasteiger partial charge in [0, 0.05) is 44.3 Å². The molecule has 0 aromatic carbocycles. The number of likely N-dealkylation sites (tertiary alicyclic amines) is 1. The minimum absolute atomic E-state index is 0.00198. The standard InChI is InChI=1S/C15H15F2N5O/c16-15(17)3-8-22(10-11(15)14-20-6-2-7-21-14)13(23)9-12-18-4-1-5-19-12/h1-2,4-7,11H,3,8-10H2. The fraction of sp³-hybridized carbons (Fsp3) is 0.400. The summed E-state index contributed by atoms with van der Waals surface area (Å²) in [5.41, 5.74) is 0. The number of halogens is 2. The van der Waals surface area contributed by atoms with E-state index in [4.69, 9.17) is 0 Å². The van der Waals surface area contributed by atoms with Crippen LogP contribution in [0.5, 0.6) is 0 Å². The van der Waals surface area contributed by atoms with Gasteiger partial charge in [0.2, 0.25) is 5.91 Å². The van der Waals surface area contributed by atoms with Crippen LogP contribution in [0.1, 0.15) is 24.0 Å². The summed E-state index contributed by atoms with van der Waals surface area (Å²) in [5.74, 6) is -3.96. The zero-order valence-electron chi connectivity index (χ0n) is 12.3. The molecule has 8 heteroatoms. The van der Waals surface area contributed by atoms with Crippen molar-refractivity contribution in [2.45, 2.75) is 24.7 Å². The Morgan fingerprint density at radius 2 is 1.74 bits per heavy atom. The lowest BCUT2D eigenvalue weighted by molar-refractivity contribution is -0.139. The van der Waals surface area contributed by atoms with Gasteiger partial charge in [-0.15, -0.1) is 0 Å². The molecule has 0 aliphatic carbocycles. The van der Waals surface area contributed by atoms with Crippen molar-refractivity contribution in [2.24, 2.45) is 0 Å². The number of rotatable bonds is 3. The van der Waals surface area contributed by atoms with Crippen molar-refractivity contribution in [1.29, 1.82) is 0 Å². The predicted molar refractivity (Wildman–Crippen MR) is 76.7 cm³/mol. The molecule has 120 valence electrons. The average Bonchev–Trinajstić information content (AvgIpc) is 2.56. The number of piperidine rings is 1. The lowest BCUT2D eigenvalue weighted by atomic mass is 9.92. The van der Waals surface area contributed by atoms with E-state index in [1.54, 1.807) is 24.5 Å². The van der Waals surface area contributed by atoms with Gasteiger partial charge in [0.15, 0.2) is 0 Å². The number of hydrogen-bond donors (Lipinski definition) is 0. The Bertz CT molecular complexity index is 668. The molecule has 0 radical (unpaired) electrons. The predicted octanol–water partition coefficient (Wildman–Crippen LogP) is 1.46. The molecule has 1 fully saturated rings. The molecule has 2 aromatic heterocycles. The third kappa shape index (κ3) is 3.46. The normalized spacial score (nSPS) is 20.3. The molecule has 1 saturated heterocycles. The lowest BCUT2D eigenvalue weighted by Crippen LogP contribution is -2.49. The highest BCUT2D eigenvalue weighted by molar-refractivity contribution is 5.78. The largest absolute Gasteiger partial charge is 0.341 e. The number of nitrogens with zero attached hydrogens (tertiary/aromatic N) is 5. The van der Waals surface area contributed by atoms with Crippen LogP contribution < -0.4 is 0 Å². The van der Waals surface area contributed by atoms with E-state index in [2.05, 4.69) is 19.9 Å². The molecule has 0 bridgehead atoms. The van der Waals surface area contributed by atoms with Gasteiger partial charge in [-0.2, -0.15) is 0 Å². The summed E-state index contributed by atoms with van der Waals surface area (Å²) in [4.78, 5) is 29.5. The number of alkyl halides is 2. The highest BCUT2D eigenvalue weighted by atomic mass is 19.3. The van der Waals surface area contributed by atoms with E-state index in [0.717, 1.165) is 0 Å². The van der Waals surface area contributed by atoms with Gasteiger partial charge in [-0.3, -0.25) is 4.79 Å². The van der Waals surface area contributed by atoms with Crippen LogP contribution in [0, 0.1) is 0 Å². The summed E-state index contributed by atoms with van der Waals surface area (Å²) >= 11 is 0. The second-order valence-corrected chi connectivity index (χ2v) is 5.35. The van der Waals surface area contributed by atoms with Gasteiger partial charge < -0.3 is 4.90 Å². The van der Waals surface area contributed by atoms with Gasteiger partial charge in [0.25, 0.3) is 5.92 Å². The first-order chi connectivity index (χ1) is 11.1. The molecule has 6 nitrogen and oxygen atoms in total. The molecule has 0 saturated carbocycles. The lowest BCUT2D eigenvalue weighted by Gasteiger charge is -2.37. The molecule has 1 atom stereocenters. The van der Waals surface area contributed by atoms with Gasteiger partial charge in [-0.25, -0.2) is 28.7 Å². The number of aromatic nitrogens is 4. The van der Waals surface area contributed by atoms with Gasteiger partial charge >= 0.3 is 0 Å². The SMILES string of the molecule is O=C(Cc1ncccn1)N1CCC(F)(F)C(c2ncccn2)C1. The molecule has 1 aliphatic heterocycles. The quantitative estimate of drug-likeness (QED) is 0.856.